The number of pyridine rings is 1. The van der Waals surface area contributed by atoms with E-state index in [0.29, 0.717) is 43.7 Å². The highest BCUT2D eigenvalue weighted by atomic mass is 35.5. The SMILES string of the molecule is CC(C)CC(=O)N1C[C@H](Oc2c3ccc(F)cc3nc3c2oc2c(Cl)cccc23)C[C@H]1C(=O)O. The third-order valence-electron chi connectivity index (χ3n) is 6.02. The van der Waals surface area contributed by atoms with Crippen molar-refractivity contribution in [1.82, 2.24) is 9.88 Å². The fourth-order valence-corrected chi connectivity index (χ4v) is 4.72. The molecule has 1 aliphatic rings. The Kier molecular flexibility index (Phi) is 5.56. The summed E-state index contributed by atoms with van der Waals surface area (Å²) in [7, 11) is 0. The first-order chi connectivity index (χ1) is 16.2. The third-order valence-corrected chi connectivity index (χ3v) is 6.32. The summed E-state index contributed by atoms with van der Waals surface area (Å²) < 4.78 is 26.4. The van der Waals surface area contributed by atoms with Crippen molar-refractivity contribution >= 4 is 56.4 Å². The molecule has 0 spiro atoms. The Morgan fingerprint density at radius 2 is 2.06 bits per heavy atom. The molecule has 0 aliphatic carbocycles. The molecule has 0 unspecified atom stereocenters. The second-order valence-electron chi connectivity index (χ2n) is 8.97. The zero-order chi connectivity index (χ0) is 24.1. The van der Waals surface area contributed by atoms with Gasteiger partial charge < -0.3 is 19.2 Å². The predicted octanol–water partition coefficient (Wildman–Crippen LogP) is 5.41. The molecule has 2 aromatic heterocycles. The molecule has 4 aromatic rings. The number of carboxylic acid groups (broad SMARTS) is 1. The topological polar surface area (TPSA) is 92.9 Å². The molecule has 5 rings (SSSR count). The van der Waals surface area contributed by atoms with Gasteiger partial charge in [0.2, 0.25) is 5.91 Å². The molecule has 1 fully saturated rings. The van der Waals surface area contributed by atoms with Crippen molar-refractivity contribution in [3.63, 3.8) is 0 Å². The molecule has 2 aromatic carbocycles. The van der Waals surface area contributed by atoms with Gasteiger partial charge in [-0.3, -0.25) is 4.79 Å². The number of hydrogen-bond donors (Lipinski definition) is 1. The number of nitrogens with zero attached hydrogens (tertiary/aromatic N) is 2. The maximum Gasteiger partial charge on any atom is 0.326 e. The van der Waals surface area contributed by atoms with Gasteiger partial charge in [-0.05, 0) is 30.2 Å². The number of aliphatic carboxylic acids is 1. The zero-order valence-electron chi connectivity index (χ0n) is 18.5. The summed E-state index contributed by atoms with van der Waals surface area (Å²) in [6.07, 6.45) is -0.229. The monoisotopic (exact) mass is 484 g/mol. The van der Waals surface area contributed by atoms with E-state index in [-0.39, 0.29) is 31.2 Å². The van der Waals surface area contributed by atoms with Crippen molar-refractivity contribution < 1.29 is 28.2 Å². The van der Waals surface area contributed by atoms with Gasteiger partial charge in [-0.1, -0.05) is 31.5 Å². The van der Waals surface area contributed by atoms with Crippen molar-refractivity contribution in [2.24, 2.45) is 5.92 Å². The molecule has 3 heterocycles. The molecule has 7 nitrogen and oxygen atoms in total. The number of ether oxygens (including phenoxy) is 1. The Morgan fingerprint density at radius 3 is 2.79 bits per heavy atom. The lowest BCUT2D eigenvalue weighted by Crippen LogP contribution is -2.41. The van der Waals surface area contributed by atoms with Crippen molar-refractivity contribution in [1.29, 1.82) is 0 Å². The van der Waals surface area contributed by atoms with Crippen LogP contribution in [0.25, 0.3) is 33.0 Å². The number of fused-ring (bicyclic) bond motifs is 4. The Labute approximate surface area is 199 Å². The first-order valence-corrected chi connectivity index (χ1v) is 11.4. The molecule has 176 valence electrons. The van der Waals surface area contributed by atoms with Crippen molar-refractivity contribution in [2.75, 3.05) is 6.54 Å². The molecule has 0 saturated carbocycles. The molecule has 1 amide bonds. The van der Waals surface area contributed by atoms with Gasteiger partial charge in [0.15, 0.2) is 16.9 Å². The van der Waals surface area contributed by atoms with Crippen LogP contribution < -0.4 is 4.74 Å². The molecular formula is C25H22ClFN2O5. The Hall–Kier alpha value is -3.39. The van der Waals surface area contributed by atoms with Crippen LogP contribution >= 0.6 is 11.6 Å². The van der Waals surface area contributed by atoms with Gasteiger partial charge in [-0.25, -0.2) is 14.2 Å². The van der Waals surface area contributed by atoms with Crippen LogP contribution in [-0.4, -0.2) is 45.6 Å². The summed E-state index contributed by atoms with van der Waals surface area (Å²) in [5.74, 6) is -1.34. The third kappa shape index (κ3) is 3.81. The minimum atomic E-state index is -1.08. The van der Waals surface area contributed by atoms with Crippen molar-refractivity contribution in [3.8, 4) is 5.75 Å². The molecule has 1 aliphatic heterocycles. The van der Waals surface area contributed by atoms with E-state index in [0.717, 1.165) is 0 Å². The van der Waals surface area contributed by atoms with E-state index in [1.54, 1.807) is 24.3 Å². The Bertz CT molecular complexity index is 1450. The molecule has 1 N–H and O–H groups in total. The summed E-state index contributed by atoms with van der Waals surface area (Å²) in [4.78, 5) is 30.5. The fourth-order valence-electron chi connectivity index (χ4n) is 4.51. The van der Waals surface area contributed by atoms with Crippen molar-refractivity contribution in [2.45, 2.75) is 38.8 Å². The Balaban J connectivity index is 1.61. The van der Waals surface area contributed by atoms with Gasteiger partial charge >= 0.3 is 5.97 Å². The molecule has 0 radical (unpaired) electrons. The molecule has 9 heteroatoms. The number of aromatic nitrogens is 1. The van der Waals surface area contributed by atoms with E-state index in [4.69, 9.17) is 20.8 Å². The molecule has 34 heavy (non-hydrogen) atoms. The van der Waals surface area contributed by atoms with E-state index in [1.165, 1.54) is 17.0 Å². The van der Waals surface area contributed by atoms with Crippen LogP contribution in [0.4, 0.5) is 4.39 Å². The standard InChI is InChI=1S/C25H22ClFN2O5/c1-12(2)8-20(30)29-11-14(10-19(29)25(31)32)33-23-15-7-6-13(27)9-18(15)28-21-16-4-3-5-17(26)22(16)34-24(21)23/h3-7,9,12,14,19H,8,10-11H2,1-2H3,(H,31,32)/t14-,19+/m1/s1. The lowest BCUT2D eigenvalue weighted by atomic mass is 10.1. The summed E-state index contributed by atoms with van der Waals surface area (Å²) in [5, 5.41) is 11.3. The van der Waals surface area contributed by atoms with E-state index < -0.39 is 23.9 Å². The maximum atomic E-state index is 14.0. The number of furan rings is 1. The van der Waals surface area contributed by atoms with Crippen LogP contribution in [0.15, 0.2) is 40.8 Å². The van der Waals surface area contributed by atoms with Crippen LogP contribution in [0.2, 0.25) is 5.02 Å². The summed E-state index contributed by atoms with van der Waals surface area (Å²) in [6, 6.07) is 8.43. The zero-order valence-corrected chi connectivity index (χ0v) is 19.3. The van der Waals surface area contributed by atoms with E-state index in [2.05, 4.69) is 4.98 Å². The number of para-hydroxylation sites is 1. The van der Waals surface area contributed by atoms with Crippen LogP contribution in [0, 0.1) is 11.7 Å². The maximum absolute atomic E-state index is 14.0. The summed E-state index contributed by atoms with van der Waals surface area (Å²) >= 11 is 6.33. The number of benzene rings is 2. The normalized spacial score (nSPS) is 18.4. The molecular weight excluding hydrogens is 463 g/mol. The summed E-state index contributed by atoms with van der Waals surface area (Å²) in [5.41, 5.74) is 1.59. The molecule has 0 bridgehead atoms. The van der Waals surface area contributed by atoms with Gasteiger partial charge in [0, 0.05) is 29.7 Å². The minimum absolute atomic E-state index is 0.0980. The smallest absolute Gasteiger partial charge is 0.326 e. The first-order valence-electron chi connectivity index (χ1n) is 11.0. The number of hydrogen-bond acceptors (Lipinski definition) is 5. The van der Waals surface area contributed by atoms with Crippen LogP contribution in [0.1, 0.15) is 26.7 Å². The molecule has 1 saturated heterocycles. The van der Waals surface area contributed by atoms with E-state index in [1.807, 2.05) is 13.8 Å². The van der Waals surface area contributed by atoms with Gasteiger partial charge in [0.1, 0.15) is 23.5 Å². The lowest BCUT2D eigenvalue weighted by molar-refractivity contribution is -0.148. The largest absolute Gasteiger partial charge is 0.484 e. The van der Waals surface area contributed by atoms with Crippen LogP contribution in [0.3, 0.4) is 0 Å². The first kappa shape index (κ1) is 22.4. The molecule has 2 atom stereocenters. The second-order valence-corrected chi connectivity index (χ2v) is 9.38. The van der Waals surface area contributed by atoms with Gasteiger partial charge in [0.25, 0.3) is 0 Å². The van der Waals surface area contributed by atoms with Crippen molar-refractivity contribution in [3.05, 3.63) is 47.2 Å². The highest BCUT2D eigenvalue weighted by Gasteiger charge is 2.41. The van der Waals surface area contributed by atoms with Gasteiger partial charge in [-0.15, -0.1) is 0 Å². The lowest BCUT2D eigenvalue weighted by Gasteiger charge is -2.22. The van der Waals surface area contributed by atoms with Gasteiger partial charge in [-0.2, -0.15) is 0 Å². The number of amides is 1. The number of rotatable bonds is 5. The second kappa shape index (κ2) is 8.43. The van der Waals surface area contributed by atoms with Crippen LogP contribution in [0.5, 0.6) is 5.75 Å². The average molecular weight is 485 g/mol. The number of halogens is 2. The van der Waals surface area contributed by atoms with E-state index >= 15 is 0 Å². The number of likely N-dealkylation sites (tertiary alicyclic amines) is 1. The van der Waals surface area contributed by atoms with E-state index in [9.17, 15) is 19.1 Å². The van der Waals surface area contributed by atoms with Crippen LogP contribution in [-0.2, 0) is 9.59 Å². The number of carbonyl (C=O) groups is 2. The number of carboxylic acids is 1. The van der Waals surface area contributed by atoms with Gasteiger partial charge in [0.05, 0.1) is 17.1 Å². The highest BCUT2D eigenvalue weighted by Crippen LogP contribution is 2.41. The number of carbonyl (C=O) groups excluding carboxylic acids is 1. The highest BCUT2D eigenvalue weighted by molar-refractivity contribution is 6.35. The fraction of sp³-hybridized carbons (Fsp3) is 0.320. The summed E-state index contributed by atoms with van der Waals surface area (Å²) in [6.45, 7) is 3.93. The quantitative estimate of drug-likeness (QED) is 0.407. The minimum Gasteiger partial charge on any atom is -0.484 e. The predicted molar refractivity (Wildman–Crippen MR) is 126 cm³/mol. The Morgan fingerprint density at radius 1 is 1.26 bits per heavy atom. The average Bonchev–Trinajstić information content (AvgIpc) is 3.36.